The van der Waals surface area contributed by atoms with E-state index in [0.717, 1.165) is 36.5 Å². The van der Waals surface area contributed by atoms with E-state index in [2.05, 4.69) is 20.6 Å². The molecule has 3 rings (SSSR count). The molecule has 8 heteroatoms. The fourth-order valence-corrected chi connectivity index (χ4v) is 3.43. The van der Waals surface area contributed by atoms with Crippen molar-refractivity contribution in [3.63, 3.8) is 0 Å². The second-order valence-electron chi connectivity index (χ2n) is 6.92. The lowest BCUT2D eigenvalue weighted by Gasteiger charge is -2.26. The van der Waals surface area contributed by atoms with Crippen LogP contribution in [0.4, 0.5) is 0 Å². The van der Waals surface area contributed by atoms with Gasteiger partial charge in [-0.1, -0.05) is 30.7 Å². The van der Waals surface area contributed by atoms with Gasteiger partial charge in [0.25, 0.3) is 0 Å². The van der Waals surface area contributed by atoms with Gasteiger partial charge in [-0.3, -0.25) is 19.2 Å². The maximum atomic E-state index is 12.2. The molecule has 150 valence electrons. The molecule has 0 fully saturated rings. The minimum Gasteiger partial charge on any atom is -0.355 e. The van der Waals surface area contributed by atoms with Crippen molar-refractivity contribution in [2.75, 3.05) is 19.6 Å². The first-order chi connectivity index (χ1) is 13.5. The second-order valence-corrected chi connectivity index (χ2v) is 7.36. The predicted molar refractivity (Wildman–Crippen MR) is 108 cm³/mol. The highest BCUT2D eigenvalue weighted by Gasteiger charge is 2.20. The Kier molecular flexibility index (Phi) is 7.06. The first kappa shape index (κ1) is 20.4. The Morgan fingerprint density at radius 1 is 1.18 bits per heavy atom. The molecule has 7 nitrogen and oxygen atoms in total. The third-order valence-corrected chi connectivity index (χ3v) is 4.94. The van der Waals surface area contributed by atoms with Gasteiger partial charge in [0.1, 0.15) is 0 Å². The molecular formula is C20H26ClN5O2. The molecule has 1 aromatic carbocycles. The second kappa shape index (κ2) is 9.71. The van der Waals surface area contributed by atoms with Crippen molar-refractivity contribution in [1.29, 1.82) is 0 Å². The molecule has 0 unspecified atom stereocenters. The van der Waals surface area contributed by atoms with E-state index in [1.54, 1.807) is 0 Å². The van der Waals surface area contributed by atoms with Gasteiger partial charge < -0.3 is 10.6 Å². The molecule has 2 amide bonds. The minimum atomic E-state index is 0.0158. The van der Waals surface area contributed by atoms with Crippen molar-refractivity contribution < 1.29 is 9.59 Å². The molecule has 0 saturated heterocycles. The average molecular weight is 404 g/mol. The smallest absolute Gasteiger partial charge is 0.234 e. The molecule has 0 bridgehead atoms. The third-order valence-electron chi connectivity index (χ3n) is 4.71. The van der Waals surface area contributed by atoms with E-state index in [9.17, 15) is 9.59 Å². The van der Waals surface area contributed by atoms with Crippen molar-refractivity contribution in [3.05, 3.63) is 52.3 Å². The van der Waals surface area contributed by atoms with Gasteiger partial charge in [0.05, 0.1) is 31.0 Å². The molecule has 1 aromatic heterocycles. The number of hydrogen-bond acceptors (Lipinski definition) is 4. The topological polar surface area (TPSA) is 79.3 Å². The normalized spacial score (nSPS) is 13.8. The zero-order valence-corrected chi connectivity index (χ0v) is 16.8. The number of hydrogen-bond donors (Lipinski definition) is 2. The fourth-order valence-electron chi connectivity index (χ4n) is 3.21. The SMILES string of the molecule is CCC(=O)NCc1cc2n(n1)CCN(CC(=O)NCCc1cccc(Cl)c1)C2. The van der Waals surface area contributed by atoms with Gasteiger partial charge in [-0.25, -0.2) is 0 Å². The van der Waals surface area contributed by atoms with Crippen LogP contribution in [0.25, 0.3) is 0 Å². The molecule has 2 N–H and O–H groups in total. The summed E-state index contributed by atoms with van der Waals surface area (Å²) in [6.45, 7) is 5.41. The Morgan fingerprint density at radius 2 is 2.04 bits per heavy atom. The van der Waals surface area contributed by atoms with E-state index >= 15 is 0 Å². The number of amides is 2. The molecule has 0 radical (unpaired) electrons. The summed E-state index contributed by atoms with van der Waals surface area (Å²) in [5.74, 6) is 0.0347. The minimum absolute atomic E-state index is 0.0158. The Balaban J connectivity index is 1.43. The van der Waals surface area contributed by atoms with Crippen LogP contribution < -0.4 is 10.6 Å². The van der Waals surface area contributed by atoms with Gasteiger partial charge in [0.2, 0.25) is 11.8 Å². The number of carbonyl (C=O) groups is 2. The first-order valence-corrected chi connectivity index (χ1v) is 9.97. The Hall–Kier alpha value is -2.38. The molecular weight excluding hydrogens is 378 g/mol. The Morgan fingerprint density at radius 3 is 2.82 bits per heavy atom. The zero-order chi connectivity index (χ0) is 19.9. The lowest BCUT2D eigenvalue weighted by atomic mass is 10.1. The first-order valence-electron chi connectivity index (χ1n) is 9.59. The predicted octanol–water partition coefficient (Wildman–Crippen LogP) is 1.74. The summed E-state index contributed by atoms with van der Waals surface area (Å²) in [7, 11) is 0. The highest BCUT2D eigenvalue weighted by molar-refractivity contribution is 6.30. The van der Waals surface area contributed by atoms with Crippen LogP contribution in [0.3, 0.4) is 0 Å². The number of aromatic nitrogens is 2. The molecule has 28 heavy (non-hydrogen) atoms. The molecule has 0 spiro atoms. The van der Waals surface area contributed by atoms with Gasteiger partial charge in [0.15, 0.2) is 0 Å². The number of nitrogens with zero attached hydrogens (tertiary/aromatic N) is 3. The number of rotatable bonds is 8. The van der Waals surface area contributed by atoms with Gasteiger partial charge in [-0.2, -0.15) is 5.10 Å². The van der Waals surface area contributed by atoms with Gasteiger partial charge in [0, 0.05) is 31.1 Å². The molecule has 0 atom stereocenters. The van der Waals surface area contributed by atoms with E-state index in [4.69, 9.17) is 11.6 Å². The highest BCUT2D eigenvalue weighted by atomic mass is 35.5. The van der Waals surface area contributed by atoms with E-state index < -0.39 is 0 Å². The molecule has 0 saturated carbocycles. The van der Waals surface area contributed by atoms with Crippen molar-refractivity contribution in [1.82, 2.24) is 25.3 Å². The number of halogens is 1. The van der Waals surface area contributed by atoms with Crippen LogP contribution in [0.2, 0.25) is 5.02 Å². The van der Waals surface area contributed by atoms with Gasteiger partial charge >= 0.3 is 0 Å². The average Bonchev–Trinajstić information content (AvgIpc) is 3.08. The van der Waals surface area contributed by atoms with Crippen LogP contribution in [0.5, 0.6) is 0 Å². The van der Waals surface area contributed by atoms with Crippen LogP contribution in [0.1, 0.15) is 30.3 Å². The molecule has 1 aliphatic heterocycles. The maximum Gasteiger partial charge on any atom is 0.234 e. The summed E-state index contributed by atoms with van der Waals surface area (Å²) < 4.78 is 1.96. The third kappa shape index (κ3) is 5.81. The Bertz CT molecular complexity index is 836. The summed E-state index contributed by atoms with van der Waals surface area (Å²) in [4.78, 5) is 25.7. The van der Waals surface area contributed by atoms with Gasteiger partial charge in [-0.15, -0.1) is 0 Å². The van der Waals surface area contributed by atoms with Crippen LogP contribution in [0, 0.1) is 0 Å². The fraction of sp³-hybridized carbons (Fsp3) is 0.450. The molecule has 2 heterocycles. The van der Waals surface area contributed by atoms with Crippen LogP contribution in [-0.4, -0.2) is 46.1 Å². The summed E-state index contributed by atoms with van der Waals surface area (Å²) in [6, 6.07) is 9.68. The zero-order valence-electron chi connectivity index (χ0n) is 16.1. The van der Waals surface area contributed by atoms with Crippen LogP contribution >= 0.6 is 11.6 Å². The highest BCUT2D eigenvalue weighted by Crippen LogP contribution is 2.14. The van der Waals surface area contributed by atoms with Crippen molar-refractivity contribution in [3.8, 4) is 0 Å². The largest absolute Gasteiger partial charge is 0.355 e. The Labute approximate surface area is 170 Å². The summed E-state index contributed by atoms with van der Waals surface area (Å²) >= 11 is 5.98. The summed E-state index contributed by atoms with van der Waals surface area (Å²) in [5, 5.41) is 11.0. The van der Waals surface area contributed by atoms with E-state index in [-0.39, 0.29) is 11.8 Å². The van der Waals surface area contributed by atoms with Crippen LogP contribution in [-0.2, 0) is 35.6 Å². The number of nitrogens with one attached hydrogen (secondary N) is 2. The maximum absolute atomic E-state index is 12.2. The lowest BCUT2D eigenvalue weighted by Crippen LogP contribution is -2.41. The van der Waals surface area contributed by atoms with E-state index in [1.165, 1.54) is 0 Å². The molecule has 0 aliphatic carbocycles. The summed E-state index contributed by atoms with van der Waals surface area (Å²) in [5.41, 5.74) is 3.03. The number of fused-ring (bicyclic) bond motifs is 1. The molecule has 1 aliphatic rings. The lowest BCUT2D eigenvalue weighted by molar-refractivity contribution is -0.122. The number of benzene rings is 1. The number of carbonyl (C=O) groups excluding carboxylic acids is 2. The van der Waals surface area contributed by atoms with Gasteiger partial charge in [-0.05, 0) is 30.2 Å². The van der Waals surface area contributed by atoms with Crippen molar-refractivity contribution in [2.45, 2.75) is 39.4 Å². The summed E-state index contributed by atoms with van der Waals surface area (Å²) in [6.07, 6.45) is 1.22. The van der Waals surface area contributed by atoms with Crippen molar-refractivity contribution >= 4 is 23.4 Å². The monoisotopic (exact) mass is 403 g/mol. The van der Waals surface area contributed by atoms with Crippen LogP contribution in [0.15, 0.2) is 30.3 Å². The molecule has 2 aromatic rings. The standard InChI is InChI=1S/C20H26ClN5O2/c1-2-19(27)23-12-17-11-18-13-25(8-9-26(18)24-17)14-20(28)22-7-6-15-4-3-5-16(21)10-15/h3-5,10-11H,2,6-9,12-14H2,1H3,(H,22,28)(H,23,27). The quantitative estimate of drug-likeness (QED) is 0.703. The van der Waals surface area contributed by atoms with E-state index in [1.807, 2.05) is 41.9 Å². The van der Waals surface area contributed by atoms with Crippen molar-refractivity contribution in [2.24, 2.45) is 0 Å². The van der Waals surface area contributed by atoms with E-state index in [0.29, 0.717) is 37.6 Å².